The van der Waals surface area contributed by atoms with Gasteiger partial charge < -0.3 is 5.32 Å². The van der Waals surface area contributed by atoms with Crippen LogP contribution in [0, 0.1) is 0 Å². The molecule has 1 aliphatic rings. The van der Waals surface area contributed by atoms with Gasteiger partial charge in [0.25, 0.3) is 10.0 Å². The first kappa shape index (κ1) is 18.9. The largest absolute Gasteiger partial charge is 0.405 e. The minimum atomic E-state index is -4.57. The Morgan fingerprint density at radius 1 is 1.19 bits per heavy atom. The number of amides is 1. The number of sulfonamides is 1. The number of nitrogens with one attached hydrogen (secondary N) is 1. The normalized spacial score (nSPS) is 18.3. The molecule has 1 aliphatic heterocycles. The number of hydrogen-bond donors (Lipinski definition) is 1. The fourth-order valence-electron chi connectivity index (χ4n) is 2.81. The molecule has 1 aromatic carbocycles. The monoisotopic (exact) mass is 404 g/mol. The van der Waals surface area contributed by atoms with Crippen LogP contribution in [0.1, 0.15) is 11.1 Å². The van der Waals surface area contributed by atoms with Gasteiger partial charge >= 0.3 is 6.18 Å². The van der Waals surface area contributed by atoms with Crippen LogP contribution >= 0.6 is 11.3 Å². The standard InChI is InChI=1S/C16H15F3N2O3S2/c17-16(18,19)10-20-15(22)13-8-11-4-1-2-5-12(11)9-21(13)26(23,24)14-6-3-7-25-14/h1-7,13H,8-10H2,(H,20,22). The van der Waals surface area contributed by atoms with Gasteiger partial charge in [-0.3, -0.25) is 4.79 Å². The molecule has 1 unspecified atom stereocenters. The van der Waals surface area contributed by atoms with Gasteiger partial charge in [0.1, 0.15) is 16.8 Å². The van der Waals surface area contributed by atoms with E-state index in [1.165, 1.54) is 6.07 Å². The maximum atomic E-state index is 12.9. The zero-order valence-corrected chi connectivity index (χ0v) is 15.0. The Bertz CT molecular complexity index is 896. The second kappa shape index (κ2) is 7.01. The van der Waals surface area contributed by atoms with Crippen molar-refractivity contribution in [3.8, 4) is 0 Å². The van der Waals surface area contributed by atoms with E-state index < -0.39 is 34.7 Å². The summed E-state index contributed by atoms with van der Waals surface area (Å²) in [6, 6.07) is 8.72. The molecule has 3 rings (SSSR count). The van der Waals surface area contributed by atoms with E-state index in [4.69, 9.17) is 0 Å². The van der Waals surface area contributed by atoms with Gasteiger partial charge in [-0.25, -0.2) is 8.42 Å². The van der Waals surface area contributed by atoms with E-state index in [9.17, 15) is 26.4 Å². The van der Waals surface area contributed by atoms with Gasteiger partial charge in [0.2, 0.25) is 5.91 Å². The summed E-state index contributed by atoms with van der Waals surface area (Å²) >= 11 is 0.995. The molecule has 1 N–H and O–H groups in total. The molecule has 0 spiro atoms. The van der Waals surface area contributed by atoms with Crippen LogP contribution in [-0.2, 0) is 27.8 Å². The molecule has 10 heteroatoms. The Morgan fingerprint density at radius 2 is 1.88 bits per heavy atom. The van der Waals surface area contributed by atoms with Crippen molar-refractivity contribution < 1.29 is 26.4 Å². The van der Waals surface area contributed by atoms with Crippen molar-refractivity contribution in [1.29, 1.82) is 0 Å². The van der Waals surface area contributed by atoms with E-state index >= 15 is 0 Å². The van der Waals surface area contributed by atoms with Crippen LogP contribution < -0.4 is 5.32 Å². The Kier molecular flexibility index (Phi) is 5.09. The lowest BCUT2D eigenvalue weighted by molar-refractivity contribution is -0.140. The zero-order chi connectivity index (χ0) is 18.9. The molecule has 0 saturated carbocycles. The number of thiophene rings is 1. The van der Waals surface area contributed by atoms with Gasteiger partial charge in [-0.05, 0) is 29.0 Å². The highest BCUT2D eigenvalue weighted by atomic mass is 32.2. The number of alkyl halides is 3. The third-order valence-corrected chi connectivity index (χ3v) is 7.26. The minimum Gasteiger partial charge on any atom is -0.346 e. The first-order valence-corrected chi connectivity index (χ1v) is 9.97. The Labute approximate surface area is 152 Å². The third-order valence-electron chi connectivity index (χ3n) is 4.03. The minimum absolute atomic E-state index is 0.0183. The number of carbonyl (C=O) groups is 1. The fourth-order valence-corrected chi connectivity index (χ4v) is 5.49. The van der Waals surface area contributed by atoms with Crippen molar-refractivity contribution in [3.05, 3.63) is 52.9 Å². The Hall–Kier alpha value is -1.91. The van der Waals surface area contributed by atoms with Crippen LogP contribution in [-0.4, -0.2) is 37.4 Å². The summed E-state index contributed by atoms with van der Waals surface area (Å²) in [7, 11) is -4.00. The summed E-state index contributed by atoms with van der Waals surface area (Å²) in [4.78, 5) is 12.4. The predicted octanol–water partition coefficient (Wildman–Crippen LogP) is 2.54. The Balaban J connectivity index is 1.94. The van der Waals surface area contributed by atoms with Crippen molar-refractivity contribution >= 4 is 27.3 Å². The van der Waals surface area contributed by atoms with E-state index in [1.54, 1.807) is 41.0 Å². The molecule has 1 amide bonds. The lowest BCUT2D eigenvalue weighted by Gasteiger charge is -2.34. The number of hydrogen-bond acceptors (Lipinski definition) is 4. The lowest BCUT2D eigenvalue weighted by atomic mass is 9.95. The molecule has 5 nitrogen and oxygen atoms in total. The quantitative estimate of drug-likeness (QED) is 0.852. The van der Waals surface area contributed by atoms with Crippen LogP contribution in [0.3, 0.4) is 0 Å². The average molecular weight is 404 g/mol. The van der Waals surface area contributed by atoms with E-state index in [2.05, 4.69) is 0 Å². The van der Waals surface area contributed by atoms with E-state index in [1.807, 2.05) is 0 Å². The lowest BCUT2D eigenvalue weighted by Crippen LogP contribution is -2.53. The van der Waals surface area contributed by atoms with Gasteiger partial charge in [0.05, 0.1) is 0 Å². The van der Waals surface area contributed by atoms with Crippen LogP contribution in [0.5, 0.6) is 0 Å². The summed E-state index contributed by atoms with van der Waals surface area (Å²) in [6.07, 6.45) is -4.55. The number of rotatable bonds is 4. The van der Waals surface area contributed by atoms with E-state index in [0.717, 1.165) is 26.8 Å². The summed E-state index contributed by atoms with van der Waals surface area (Å²) in [6.45, 7) is -1.57. The number of halogens is 3. The topological polar surface area (TPSA) is 66.5 Å². The molecule has 1 aromatic heterocycles. The van der Waals surface area contributed by atoms with Crippen molar-refractivity contribution in [2.45, 2.75) is 29.4 Å². The second-order valence-electron chi connectivity index (χ2n) is 5.80. The summed E-state index contributed by atoms with van der Waals surface area (Å²) in [5, 5.41) is 3.39. The molecular formula is C16H15F3N2O3S2. The molecule has 0 bridgehead atoms. The highest BCUT2D eigenvalue weighted by Crippen LogP contribution is 2.31. The highest BCUT2D eigenvalue weighted by molar-refractivity contribution is 7.91. The fraction of sp³-hybridized carbons (Fsp3) is 0.312. The second-order valence-corrected chi connectivity index (χ2v) is 8.87. The average Bonchev–Trinajstić information content (AvgIpc) is 3.13. The van der Waals surface area contributed by atoms with Gasteiger partial charge in [-0.15, -0.1) is 11.3 Å². The smallest absolute Gasteiger partial charge is 0.346 e. The van der Waals surface area contributed by atoms with E-state index in [-0.39, 0.29) is 17.2 Å². The van der Waals surface area contributed by atoms with Gasteiger partial charge in [-0.2, -0.15) is 17.5 Å². The number of fused-ring (bicyclic) bond motifs is 1. The molecule has 1 atom stereocenters. The summed E-state index contributed by atoms with van der Waals surface area (Å²) in [5.74, 6) is -0.961. The number of carbonyl (C=O) groups excluding carboxylic acids is 1. The van der Waals surface area contributed by atoms with Crippen LogP contribution in [0.4, 0.5) is 13.2 Å². The van der Waals surface area contributed by atoms with Crippen molar-refractivity contribution in [2.24, 2.45) is 0 Å². The van der Waals surface area contributed by atoms with Crippen molar-refractivity contribution in [2.75, 3.05) is 6.54 Å². The number of benzene rings is 1. The molecule has 0 radical (unpaired) electrons. The molecule has 2 aromatic rings. The summed E-state index contributed by atoms with van der Waals surface area (Å²) in [5.41, 5.74) is 1.48. The highest BCUT2D eigenvalue weighted by Gasteiger charge is 2.41. The van der Waals surface area contributed by atoms with Crippen LogP contribution in [0.25, 0.3) is 0 Å². The van der Waals surface area contributed by atoms with Gasteiger partial charge in [0.15, 0.2) is 0 Å². The Morgan fingerprint density at radius 3 is 2.50 bits per heavy atom. The third kappa shape index (κ3) is 3.92. The molecule has 2 heterocycles. The van der Waals surface area contributed by atoms with Gasteiger partial charge in [-0.1, -0.05) is 30.3 Å². The summed E-state index contributed by atoms with van der Waals surface area (Å²) < 4.78 is 64.1. The molecule has 0 saturated heterocycles. The predicted molar refractivity (Wildman–Crippen MR) is 90.0 cm³/mol. The first-order valence-electron chi connectivity index (χ1n) is 7.65. The molecular weight excluding hydrogens is 389 g/mol. The molecule has 140 valence electrons. The van der Waals surface area contributed by atoms with Crippen molar-refractivity contribution in [3.63, 3.8) is 0 Å². The van der Waals surface area contributed by atoms with E-state index in [0.29, 0.717) is 0 Å². The zero-order valence-electron chi connectivity index (χ0n) is 13.4. The SMILES string of the molecule is O=C(NCC(F)(F)F)C1Cc2ccccc2CN1S(=O)(=O)c1cccs1. The van der Waals surface area contributed by atoms with Crippen molar-refractivity contribution in [1.82, 2.24) is 9.62 Å². The molecule has 26 heavy (non-hydrogen) atoms. The van der Waals surface area contributed by atoms with Crippen LogP contribution in [0.2, 0.25) is 0 Å². The number of nitrogens with zero attached hydrogens (tertiary/aromatic N) is 1. The van der Waals surface area contributed by atoms with Gasteiger partial charge in [0, 0.05) is 6.54 Å². The molecule has 0 fully saturated rings. The maximum absolute atomic E-state index is 12.9. The van der Waals surface area contributed by atoms with Crippen LogP contribution in [0.15, 0.2) is 46.0 Å². The molecule has 0 aliphatic carbocycles. The maximum Gasteiger partial charge on any atom is 0.405 e. The first-order chi connectivity index (χ1) is 12.2.